The van der Waals surface area contributed by atoms with E-state index >= 15 is 0 Å². The molecule has 2 aromatic rings. The molecule has 1 heterocycles. The van der Waals surface area contributed by atoms with Crippen molar-refractivity contribution in [2.75, 3.05) is 7.11 Å². The maximum Gasteiger partial charge on any atom is 0.242 e. The van der Waals surface area contributed by atoms with Gasteiger partial charge in [0.05, 0.1) is 25.1 Å². The molecule has 0 saturated carbocycles. The zero-order chi connectivity index (χ0) is 21.5. The highest BCUT2D eigenvalue weighted by Gasteiger charge is 2.37. The maximum atomic E-state index is 13.1. The number of ether oxygens (including phenoxy) is 1. The molecule has 1 atom stereocenters. The summed E-state index contributed by atoms with van der Waals surface area (Å²) >= 11 is 4.98. The number of carbonyl (C=O) groups excluding carboxylic acids is 1. The standard InChI is InChI=1S/C23H26BrN3O2S/c1-4-5-10-21-22(28)27(15-17-9-7-6-8-16(17)2)23(30-21)26-25-14-18-13-19(24)11-12-20(18)29-3/h6-9,11-14,21H,4-5,10,15H2,1-3H3/b25-14+,26-23+. The van der Waals surface area contributed by atoms with Crippen LogP contribution in [-0.2, 0) is 11.3 Å². The number of hydrogen-bond acceptors (Lipinski definition) is 5. The summed E-state index contributed by atoms with van der Waals surface area (Å²) in [5.41, 5.74) is 3.10. The van der Waals surface area contributed by atoms with E-state index in [0.29, 0.717) is 11.7 Å². The number of thioether (sulfide) groups is 1. The van der Waals surface area contributed by atoms with E-state index in [-0.39, 0.29) is 11.2 Å². The SMILES string of the molecule is CCCCC1S/C(=N/N=C/c2cc(Br)ccc2OC)N(Cc2ccccc2C)C1=O. The predicted molar refractivity (Wildman–Crippen MR) is 128 cm³/mol. The summed E-state index contributed by atoms with van der Waals surface area (Å²) in [5, 5.41) is 9.26. The minimum atomic E-state index is -0.0941. The molecule has 0 spiro atoms. The molecule has 1 aliphatic heterocycles. The molecule has 158 valence electrons. The molecule has 0 radical (unpaired) electrons. The summed E-state index contributed by atoms with van der Waals surface area (Å²) in [4.78, 5) is 14.8. The topological polar surface area (TPSA) is 54.3 Å². The van der Waals surface area contributed by atoms with Gasteiger partial charge in [-0.2, -0.15) is 5.10 Å². The Hall–Kier alpha value is -2.12. The van der Waals surface area contributed by atoms with Gasteiger partial charge in [0, 0.05) is 10.0 Å². The second-order valence-electron chi connectivity index (χ2n) is 7.11. The number of halogens is 1. The normalized spacial score (nSPS) is 18.0. The third kappa shape index (κ3) is 5.52. The summed E-state index contributed by atoms with van der Waals surface area (Å²) < 4.78 is 6.32. The van der Waals surface area contributed by atoms with E-state index in [1.54, 1.807) is 18.2 Å². The van der Waals surface area contributed by atoms with Gasteiger partial charge in [-0.3, -0.25) is 9.69 Å². The Morgan fingerprint density at radius 2 is 2.07 bits per heavy atom. The van der Waals surface area contributed by atoms with Crippen molar-refractivity contribution >= 4 is 45.0 Å². The average Bonchev–Trinajstić information content (AvgIpc) is 3.03. The van der Waals surface area contributed by atoms with Crippen molar-refractivity contribution in [1.29, 1.82) is 0 Å². The first-order valence-corrected chi connectivity index (χ1v) is 11.7. The molecular weight excluding hydrogens is 462 g/mol. The highest BCUT2D eigenvalue weighted by atomic mass is 79.9. The van der Waals surface area contributed by atoms with Gasteiger partial charge in [-0.15, -0.1) is 5.10 Å². The Morgan fingerprint density at radius 1 is 1.27 bits per heavy atom. The number of methoxy groups -OCH3 is 1. The van der Waals surface area contributed by atoms with Crippen LogP contribution in [0.15, 0.2) is 57.1 Å². The third-order valence-corrected chi connectivity index (χ3v) is 6.69. The molecule has 5 nitrogen and oxygen atoms in total. The van der Waals surface area contributed by atoms with Gasteiger partial charge in [0.15, 0.2) is 5.17 Å². The summed E-state index contributed by atoms with van der Waals surface area (Å²) in [6.45, 7) is 4.71. The number of amidine groups is 1. The first kappa shape index (κ1) is 22.6. The molecule has 7 heteroatoms. The summed E-state index contributed by atoms with van der Waals surface area (Å²) in [7, 11) is 1.63. The lowest BCUT2D eigenvalue weighted by Crippen LogP contribution is -2.31. The number of carbonyl (C=O) groups is 1. The Labute approximate surface area is 190 Å². The number of amides is 1. The van der Waals surface area contributed by atoms with Crippen LogP contribution in [0.5, 0.6) is 5.75 Å². The van der Waals surface area contributed by atoms with Crippen molar-refractivity contribution in [3.05, 3.63) is 63.6 Å². The lowest BCUT2D eigenvalue weighted by molar-refractivity contribution is -0.126. The summed E-state index contributed by atoms with van der Waals surface area (Å²) in [6.07, 6.45) is 4.60. The fourth-order valence-corrected chi connectivity index (χ4v) is 4.73. The van der Waals surface area contributed by atoms with E-state index in [9.17, 15) is 4.79 Å². The Morgan fingerprint density at radius 3 is 2.80 bits per heavy atom. The second kappa shape index (κ2) is 10.8. The molecule has 0 N–H and O–H groups in total. The fourth-order valence-electron chi connectivity index (χ4n) is 3.21. The molecule has 0 aromatic heterocycles. The fraction of sp³-hybridized carbons (Fsp3) is 0.348. The van der Waals surface area contributed by atoms with Crippen LogP contribution in [0.25, 0.3) is 0 Å². The number of nitrogens with zero attached hydrogens (tertiary/aromatic N) is 3. The number of hydrogen-bond donors (Lipinski definition) is 0. The first-order valence-electron chi connectivity index (χ1n) is 10.0. The van der Waals surface area contributed by atoms with Crippen LogP contribution in [0.1, 0.15) is 42.9 Å². The number of benzene rings is 2. The molecule has 1 amide bonds. The largest absolute Gasteiger partial charge is 0.496 e. The summed E-state index contributed by atoms with van der Waals surface area (Å²) in [6, 6.07) is 13.8. The van der Waals surface area contributed by atoms with Gasteiger partial charge in [0.1, 0.15) is 5.75 Å². The Kier molecular flexibility index (Phi) is 8.10. The van der Waals surface area contributed by atoms with Gasteiger partial charge < -0.3 is 4.74 Å². The average molecular weight is 488 g/mol. The monoisotopic (exact) mass is 487 g/mol. The van der Waals surface area contributed by atoms with E-state index in [1.165, 1.54) is 11.8 Å². The smallest absolute Gasteiger partial charge is 0.242 e. The Balaban J connectivity index is 1.86. The molecule has 3 rings (SSSR count). The van der Waals surface area contributed by atoms with Gasteiger partial charge >= 0.3 is 0 Å². The van der Waals surface area contributed by atoms with Crippen LogP contribution in [0.3, 0.4) is 0 Å². The number of rotatable bonds is 8. The molecule has 30 heavy (non-hydrogen) atoms. The van der Waals surface area contributed by atoms with Crippen LogP contribution in [0.4, 0.5) is 0 Å². The van der Waals surface area contributed by atoms with Crippen LogP contribution in [0.2, 0.25) is 0 Å². The molecule has 0 bridgehead atoms. The van der Waals surface area contributed by atoms with Crippen molar-refractivity contribution in [1.82, 2.24) is 4.90 Å². The minimum absolute atomic E-state index is 0.0941. The second-order valence-corrected chi connectivity index (χ2v) is 9.20. The van der Waals surface area contributed by atoms with Crippen LogP contribution >= 0.6 is 27.7 Å². The molecule has 1 aliphatic rings. The van der Waals surface area contributed by atoms with Gasteiger partial charge in [-0.25, -0.2) is 0 Å². The number of unbranched alkanes of at least 4 members (excludes halogenated alkanes) is 1. The zero-order valence-corrected chi connectivity index (χ0v) is 19.9. The predicted octanol–water partition coefficient (Wildman–Crippen LogP) is 5.79. The van der Waals surface area contributed by atoms with Crippen molar-refractivity contribution in [3.8, 4) is 5.75 Å². The van der Waals surface area contributed by atoms with E-state index in [1.807, 2.05) is 30.3 Å². The van der Waals surface area contributed by atoms with Crippen LogP contribution in [-0.4, -0.2) is 34.5 Å². The molecule has 1 unspecified atom stereocenters. The molecule has 1 fully saturated rings. The van der Waals surface area contributed by atoms with Crippen molar-refractivity contribution in [2.24, 2.45) is 10.2 Å². The molecule has 1 saturated heterocycles. The number of aryl methyl sites for hydroxylation is 1. The molecular formula is C23H26BrN3O2S. The van der Waals surface area contributed by atoms with Crippen LogP contribution in [0, 0.1) is 6.92 Å². The first-order chi connectivity index (χ1) is 14.5. The third-order valence-electron chi connectivity index (χ3n) is 4.96. The molecule has 2 aromatic carbocycles. The zero-order valence-electron chi connectivity index (χ0n) is 17.5. The lowest BCUT2D eigenvalue weighted by Gasteiger charge is -2.17. The van der Waals surface area contributed by atoms with Crippen molar-refractivity contribution in [2.45, 2.75) is 44.9 Å². The lowest BCUT2D eigenvalue weighted by atomic mass is 10.1. The van der Waals surface area contributed by atoms with Gasteiger partial charge in [-0.1, -0.05) is 71.7 Å². The minimum Gasteiger partial charge on any atom is -0.496 e. The molecule has 0 aliphatic carbocycles. The Bertz CT molecular complexity index is 961. The van der Waals surface area contributed by atoms with E-state index in [2.05, 4.69) is 52.1 Å². The van der Waals surface area contributed by atoms with Crippen molar-refractivity contribution < 1.29 is 9.53 Å². The van der Waals surface area contributed by atoms with Crippen LogP contribution < -0.4 is 4.74 Å². The summed E-state index contributed by atoms with van der Waals surface area (Å²) in [5.74, 6) is 0.834. The van der Waals surface area contributed by atoms with Gasteiger partial charge in [0.25, 0.3) is 0 Å². The quantitative estimate of drug-likeness (QED) is 0.349. The van der Waals surface area contributed by atoms with E-state index in [4.69, 9.17) is 4.74 Å². The van der Waals surface area contributed by atoms with Gasteiger partial charge in [0.2, 0.25) is 5.91 Å². The van der Waals surface area contributed by atoms with E-state index < -0.39 is 0 Å². The van der Waals surface area contributed by atoms with E-state index in [0.717, 1.165) is 46.2 Å². The van der Waals surface area contributed by atoms with Gasteiger partial charge in [-0.05, 0) is 42.7 Å². The van der Waals surface area contributed by atoms with Crippen molar-refractivity contribution in [3.63, 3.8) is 0 Å². The maximum absolute atomic E-state index is 13.1. The highest BCUT2D eigenvalue weighted by Crippen LogP contribution is 2.32. The highest BCUT2D eigenvalue weighted by molar-refractivity contribution is 9.10.